The molecule has 1 aromatic rings. The van der Waals surface area contributed by atoms with Crippen LogP contribution in [0.25, 0.3) is 0 Å². The molecule has 32 heteroatoms. The molecule has 1 aliphatic rings. The molecule has 1 fully saturated rings. The van der Waals surface area contributed by atoms with Gasteiger partial charge in [-0.05, 0) is 114 Å². The number of primary amides is 1. The number of unbranched alkanes of at least 4 members (excludes halogenated alkanes) is 1. The lowest BCUT2D eigenvalue weighted by Crippen LogP contribution is -2.56. The summed E-state index contributed by atoms with van der Waals surface area (Å²) < 4.78 is 21.6. The predicted octanol–water partition coefficient (Wildman–Crippen LogP) is -0.210. The molecule has 0 aromatic heterocycles. The molecule has 0 heterocycles. The Bertz CT molecular complexity index is 2600. The lowest BCUT2D eigenvalue weighted by atomic mass is 9.78. The summed E-state index contributed by atoms with van der Waals surface area (Å²) in [4.78, 5) is 185. The SMILES string of the molecule is NC(=O)C(CCCCNC(=O)c1ccc(N)cc1)NC(=O)COCCOCCCC(=O)COCCOCCCC(=O)C(CCC(=O)O)NC(=O)C(CCC(=O)O)NC(=O)C(CCC(=O)O)NC(=O)CCC(CC(=O)C1CCC(CNC(=O)CC(=O)O)CC1)C(=O)O. The van der Waals surface area contributed by atoms with Gasteiger partial charge in [0.05, 0.1) is 38.4 Å². The lowest BCUT2D eigenvalue weighted by Gasteiger charge is -2.28. The van der Waals surface area contributed by atoms with Crippen molar-refractivity contribution in [1.82, 2.24) is 31.9 Å². The molecule has 7 amide bonds. The molecule has 1 aromatic carbocycles. The number of carbonyl (C=O) groups excluding carboxylic acids is 10. The highest BCUT2D eigenvalue weighted by Gasteiger charge is 2.33. The van der Waals surface area contributed by atoms with E-state index >= 15 is 0 Å². The summed E-state index contributed by atoms with van der Waals surface area (Å²) in [7, 11) is 0. The summed E-state index contributed by atoms with van der Waals surface area (Å²) in [5.41, 5.74) is 12.1. The molecule has 2 rings (SSSR count). The van der Waals surface area contributed by atoms with Crippen LogP contribution in [0.4, 0.5) is 5.69 Å². The van der Waals surface area contributed by atoms with E-state index in [0.717, 1.165) is 0 Å². The number of rotatable bonds is 52. The zero-order chi connectivity index (χ0) is 67.7. The molecule has 91 heavy (non-hydrogen) atoms. The summed E-state index contributed by atoms with van der Waals surface area (Å²) in [6.07, 6.45) is -2.10. The maximum atomic E-state index is 13.7. The number of amides is 7. The minimum atomic E-state index is -1.71. The van der Waals surface area contributed by atoms with Gasteiger partial charge < -0.3 is 87.8 Å². The van der Waals surface area contributed by atoms with Gasteiger partial charge in [0.1, 0.15) is 43.5 Å². The number of anilines is 1. The maximum Gasteiger partial charge on any atom is 0.312 e. The van der Waals surface area contributed by atoms with Crippen LogP contribution in [-0.2, 0) is 86.1 Å². The van der Waals surface area contributed by atoms with E-state index in [0.29, 0.717) is 62.7 Å². The van der Waals surface area contributed by atoms with Gasteiger partial charge in [0.15, 0.2) is 11.6 Å². The summed E-state index contributed by atoms with van der Waals surface area (Å²) in [6, 6.07) is 0.691. The van der Waals surface area contributed by atoms with Gasteiger partial charge >= 0.3 is 29.8 Å². The second-order valence-electron chi connectivity index (χ2n) is 21.8. The number of carbonyl (C=O) groups is 15. The summed E-state index contributed by atoms with van der Waals surface area (Å²) in [5.74, 6) is -15.2. The first kappa shape index (κ1) is 78.6. The van der Waals surface area contributed by atoms with E-state index in [4.69, 9.17) is 35.5 Å². The third kappa shape index (κ3) is 36.7. The third-order valence-corrected chi connectivity index (χ3v) is 14.4. The van der Waals surface area contributed by atoms with Crippen molar-refractivity contribution >= 4 is 94.2 Å². The van der Waals surface area contributed by atoms with Crippen LogP contribution in [0.5, 0.6) is 0 Å². The molecular formula is C59H88N8O24. The van der Waals surface area contributed by atoms with E-state index in [1.54, 1.807) is 24.3 Å². The van der Waals surface area contributed by atoms with Gasteiger partial charge in [-0.1, -0.05) is 0 Å². The molecule has 0 radical (unpaired) electrons. The van der Waals surface area contributed by atoms with Crippen molar-refractivity contribution in [3.05, 3.63) is 29.8 Å². The summed E-state index contributed by atoms with van der Waals surface area (Å²) in [5, 5.41) is 61.7. The Labute approximate surface area is 525 Å². The van der Waals surface area contributed by atoms with E-state index in [9.17, 15) is 92.3 Å². The fourth-order valence-corrected chi connectivity index (χ4v) is 9.33. The number of nitrogens with two attached hydrogens (primary N) is 2. The Morgan fingerprint density at radius 1 is 0.495 bits per heavy atom. The average molecular weight is 1290 g/mol. The highest BCUT2D eigenvalue weighted by molar-refractivity contribution is 5.96. The van der Waals surface area contributed by atoms with E-state index in [1.807, 2.05) is 0 Å². The Hall–Kier alpha value is -8.49. The molecule has 0 spiro atoms. The van der Waals surface area contributed by atoms with E-state index in [2.05, 4.69) is 31.9 Å². The van der Waals surface area contributed by atoms with Crippen molar-refractivity contribution in [2.24, 2.45) is 23.5 Å². The lowest BCUT2D eigenvalue weighted by molar-refractivity contribution is -0.145. The van der Waals surface area contributed by atoms with Crippen LogP contribution in [0.15, 0.2) is 24.3 Å². The van der Waals surface area contributed by atoms with Gasteiger partial charge in [0, 0.05) is 88.4 Å². The Kier molecular flexibility index (Phi) is 38.8. The number of ether oxygens (including phenoxy) is 4. The largest absolute Gasteiger partial charge is 0.481 e. The first-order valence-electron chi connectivity index (χ1n) is 30.1. The quantitative estimate of drug-likeness (QED) is 0.0228. The van der Waals surface area contributed by atoms with Crippen LogP contribution in [0.3, 0.4) is 0 Å². The second-order valence-corrected chi connectivity index (χ2v) is 21.8. The molecule has 15 N–H and O–H groups in total. The van der Waals surface area contributed by atoms with Crippen LogP contribution >= 0.6 is 0 Å². The number of benzene rings is 1. The molecule has 1 aliphatic carbocycles. The molecule has 32 nitrogen and oxygen atoms in total. The normalized spacial score (nSPS) is 15.2. The number of aliphatic carboxylic acids is 5. The van der Waals surface area contributed by atoms with Crippen LogP contribution < -0.4 is 43.4 Å². The standard InChI is InChI=1S/C59H88N8O24/c60-40-15-12-38(13-16-40)56(83)62-24-2-1-6-43(55(61)82)64-50(73)35-91-30-28-88-25-3-5-41(68)34-90-29-27-89-26-4-7-46(69)42(17-21-51(74)75)66-58(85)45(19-23-53(78)79)67-57(84)44(18-22-52(76)77)65-48(71)20-14-39(59(86)87)31-47(70)37-10-8-36(9-11-37)33-63-49(72)32-54(80)81/h12-13,15-16,36-37,39,42-45H,1-11,14,17-35,60H2,(H2,61,82)(H,62,83)(H,63,72)(H,64,73)(H,65,71)(H,66,85)(H,67,84)(H,74,75)(H,76,77)(H,78,79)(H,80,81)(H,86,87). The van der Waals surface area contributed by atoms with Crippen LogP contribution in [0.2, 0.25) is 0 Å². The van der Waals surface area contributed by atoms with Crippen LogP contribution in [0, 0.1) is 17.8 Å². The fraction of sp³-hybridized carbons (Fsp3) is 0.644. The smallest absolute Gasteiger partial charge is 0.312 e. The van der Waals surface area contributed by atoms with Crippen molar-refractivity contribution in [1.29, 1.82) is 0 Å². The van der Waals surface area contributed by atoms with Crippen molar-refractivity contribution in [2.75, 3.05) is 71.7 Å². The zero-order valence-electron chi connectivity index (χ0n) is 50.9. The summed E-state index contributed by atoms with van der Waals surface area (Å²) in [6.45, 7) is 0.409. The van der Waals surface area contributed by atoms with Crippen LogP contribution in [-0.4, -0.2) is 204 Å². The molecule has 5 atom stereocenters. The molecule has 0 aliphatic heterocycles. The maximum absolute atomic E-state index is 13.7. The number of Topliss-reactive ketones (excluding diaryl/α,β-unsaturated/α-hetero) is 3. The molecule has 508 valence electrons. The molecule has 1 saturated carbocycles. The Morgan fingerprint density at radius 3 is 1.58 bits per heavy atom. The topological polar surface area (TPSA) is 518 Å². The third-order valence-electron chi connectivity index (χ3n) is 14.4. The van der Waals surface area contributed by atoms with E-state index < -0.39 is 165 Å². The van der Waals surface area contributed by atoms with Crippen molar-refractivity contribution < 1.29 is 116 Å². The number of nitrogen functional groups attached to an aromatic ring is 1. The van der Waals surface area contributed by atoms with Gasteiger partial charge in [-0.25, -0.2) is 0 Å². The number of hydrogen-bond acceptors (Lipinski definition) is 20. The molecule has 0 bridgehead atoms. The highest BCUT2D eigenvalue weighted by atomic mass is 16.5. The average Bonchev–Trinajstić information content (AvgIpc) is 2.94. The first-order chi connectivity index (χ1) is 43.2. The van der Waals surface area contributed by atoms with Crippen molar-refractivity contribution in [3.63, 3.8) is 0 Å². The Morgan fingerprint density at radius 2 is 1.02 bits per heavy atom. The zero-order valence-corrected chi connectivity index (χ0v) is 50.9. The van der Waals surface area contributed by atoms with Crippen molar-refractivity contribution in [3.8, 4) is 0 Å². The van der Waals surface area contributed by atoms with Gasteiger partial charge in [-0.3, -0.25) is 71.9 Å². The highest BCUT2D eigenvalue weighted by Crippen LogP contribution is 2.31. The van der Waals surface area contributed by atoms with E-state index in [1.165, 1.54) is 0 Å². The first-order valence-corrected chi connectivity index (χ1v) is 30.1. The molecule has 5 unspecified atom stereocenters. The van der Waals surface area contributed by atoms with Gasteiger partial charge in [0.2, 0.25) is 35.4 Å². The minimum absolute atomic E-state index is 0.000178. The number of ketones is 3. The summed E-state index contributed by atoms with van der Waals surface area (Å²) >= 11 is 0. The number of nitrogens with one attached hydrogen (secondary N) is 6. The number of carboxylic acid groups (broad SMARTS) is 5. The van der Waals surface area contributed by atoms with E-state index in [-0.39, 0.29) is 115 Å². The monoisotopic (exact) mass is 1290 g/mol. The minimum Gasteiger partial charge on any atom is -0.481 e. The van der Waals surface area contributed by atoms with Crippen molar-refractivity contribution in [2.45, 2.75) is 159 Å². The van der Waals surface area contributed by atoms with Gasteiger partial charge in [0.25, 0.3) is 5.91 Å². The number of hydrogen-bond donors (Lipinski definition) is 13. The fourth-order valence-electron chi connectivity index (χ4n) is 9.33. The van der Waals surface area contributed by atoms with Crippen LogP contribution in [0.1, 0.15) is 145 Å². The predicted molar refractivity (Wildman–Crippen MR) is 317 cm³/mol. The Balaban J connectivity index is 1.76. The van der Waals surface area contributed by atoms with Gasteiger partial charge in [-0.15, -0.1) is 0 Å². The second kappa shape index (κ2) is 44.9. The van der Waals surface area contributed by atoms with Gasteiger partial charge in [-0.2, -0.15) is 0 Å². The number of carboxylic acids is 5. The molecule has 0 saturated heterocycles. The molecular weight excluding hydrogens is 1200 g/mol.